The normalized spacial score (nSPS) is 17.2. The number of halogens is 1. The molecule has 21 heavy (non-hydrogen) atoms. The highest BCUT2D eigenvalue weighted by Crippen LogP contribution is 2.38. The van der Waals surface area contributed by atoms with Crippen molar-refractivity contribution >= 4 is 35.0 Å². The molecule has 1 atom stereocenters. The van der Waals surface area contributed by atoms with Gasteiger partial charge in [0.2, 0.25) is 0 Å². The number of aliphatic hydroxyl groups excluding tert-OH is 1. The van der Waals surface area contributed by atoms with Crippen LogP contribution in [0.3, 0.4) is 0 Å². The maximum absolute atomic E-state index is 11.7. The molecule has 0 saturated heterocycles. The zero-order valence-electron chi connectivity index (χ0n) is 11.4. The summed E-state index contributed by atoms with van der Waals surface area (Å²) in [4.78, 5) is 14.3. The van der Waals surface area contributed by atoms with Crippen LogP contribution in [0, 0.1) is 0 Å². The molecule has 5 heteroatoms. The van der Waals surface area contributed by atoms with Crippen LogP contribution in [0.1, 0.15) is 17.2 Å². The third-order valence-corrected chi connectivity index (χ3v) is 4.99. The number of carbonyl (C=O) groups is 1. The van der Waals surface area contributed by atoms with Gasteiger partial charge in [-0.25, -0.2) is 0 Å². The van der Waals surface area contributed by atoms with Crippen LogP contribution in [0.2, 0.25) is 5.02 Å². The molecule has 2 aromatic carbocycles. The number of hydrogen-bond donors (Lipinski definition) is 1. The van der Waals surface area contributed by atoms with E-state index in [1.165, 1.54) is 4.90 Å². The van der Waals surface area contributed by atoms with E-state index in [2.05, 4.69) is 0 Å². The maximum atomic E-state index is 11.7. The Morgan fingerprint density at radius 2 is 2.05 bits per heavy atom. The summed E-state index contributed by atoms with van der Waals surface area (Å²) in [5, 5.41) is 10.6. The van der Waals surface area contributed by atoms with Gasteiger partial charge in [-0.05, 0) is 23.8 Å². The number of aliphatic hydroxyl groups is 1. The zero-order valence-corrected chi connectivity index (χ0v) is 13.0. The van der Waals surface area contributed by atoms with Gasteiger partial charge < -0.3 is 10.0 Å². The number of benzene rings is 2. The first-order valence-electron chi connectivity index (χ1n) is 6.53. The van der Waals surface area contributed by atoms with Crippen LogP contribution >= 0.6 is 23.4 Å². The van der Waals surface area contributed by atoms with Gasteiger partial charge in [-0.1, -0.05) is 35.9 Å². The Kier molecular flexibility index (Phi) is 3.93. The van der Waals surface area contributed by atoms with Crippen LogP contribution in [-0.2, 0) is 10.5 Å². The standard InChI is InChI=1S/C16H14ClNO2S/c1-18-14-8-11(6-7-12(14)15(19)16(18)20)21-9-10-4-2-3-5-13(10)17/h2-8,15,19H,9H2,1H3. The molecule has 1 amide bonds. The highest BCUT2D eigenvalue weighted by molar-refractivity contribution is 7.98. The number of carbonyl (C=O) groups excluding carboxylic acids is 1. The minimum atomic E-state index is -1.03. The molecule has 0 aromatic heterocycles. The second-order valence-corrected chi connectivity index (χ2v) is 6.36. The van der Waals surface area contributed by atoms with Crippen LogP contribution < -0.4 is 4.90 Å². The number of anilines is 1. The molecule has 3 rings (SSSR count). The largest absolute Gasteiger partial charge is 0.378 e. The number of likely N-dealkylation sites (N-methyl/N-ethyl adjacent to an activating group) is 1. The minimum Gasteiger partial charge on any atom is -0.378 e. The highest BCUT2D eigenvalue weighted by Gasteiger charge is 2.33. The first-order chi connectivity index (χ1) is 10.1. The number of fused-ring (bicyclic) bond motifs is 1. The van der Waals surface area contributed by atoms with E-state index in [0.29, 0.717) is 5.56 Å². The molecule has 0 fully saturated rings. The molecule has 1 aliphatic heterocycles. The Morgan fingerprint density at radius 3 is 2.81 bits per heavy atom. The Morgan fingerprint density at radius 1 is 1.29 bits per heavy atom. The molecule has 1 unspecified atom stereocenters. The molecular weight excluding hydrogens is 306 g/mol. The Balaban J connectivity index is 1.80. The van der Waals surface area contributed by atoms with Crippen molar-refractivity contribution in [3.63, 3.8) is 0 Å². The van der Waals surface area contributed by atoms with E-state index >= 15 is 0 Å². The van der Waals surface area contributed by atoms with Crippen LogP contribution in [0.25, 0.3) is 0 Å². The van der Waals surface area contributed by atoms with E-state index in [0.717, 1.165) is 26.9 Å². The van der Waals surface area contributed by atoms with Gasteiger partial charge >= 0.3 is 0 Å². The lowest BCUT2D eigenvalue weighted by atomic mass is 10.1. The van der Waals surface area contributed by atoms with Crippen molar-refractivity contribution in [2.75, 3.05) is 11.9 Å². The fourth-order valence-corrected chi connectivity index (χ4v) is 3.56. The molecule has 1 aliphatic rings. The first-order valence-corrected chi connectivity index (χ1v) is 7.90. The summed E-state index contributed by atoms with van der Waals surface area (Å²) < 4.78 is 0. The zero-order chi connectivity index (χ0) is 15.0. The number of amides is 1. The second-order valence-electron chi connectivity index (χ2n) is 4.90. The van der Waals surface area contributed by atoms with Crippen LogP contribution in [-0.4, -0.2) is 18.1 Å². The molecule has 108 valence electrons. The average Bonchev–Trinajstić information content (AvgIpc) is 2.71. The van der Waals surface area contributed by atoms with Gasteiger partial charge in [0.25, 0.3) is 5.91 Å². The molecule has 1 heterocycles. The predicted molar refractivity (Wildman–Crippen MR) is 85.8 cm³/mol. The molecule has 2 aromatic rings. The quantitative estimate of drug-likeness (QED) is 0.878. The topological polar surface area (TPSA) is 40.5 Å². The number of rotatable bonds is 3. The van der Waals surface area contributed by atoms with E-state index < -0.39 is 6.10 Å². The SMILES string of the molecule is CN1C(=O)C(O)c2ccc(SCc3ccccc3Cl)cc21. The molecule has 0 radical (unpaired) electrons. The smallest absolute Gasteiger partial charge is 0.260 e. The fourth-order valence-electron chi connectivity index (χ4n) is 2.35. The minimum absolute atomic E-state index is 0.279. The van der Waals surface area contributed by atoms with Gasteiger partial charge in [0.05, 0.1) is 5.69 Å². The van der Waals surface area contributed by atoms with Crippen LogP contribution in [0.15, 0.2) is 47.4 Å². The lowest BCUT2D eigenvalue weighted by molar-refractivity contribution is -0.125. The average molecular weight is 320 g/mol. The number of hydrogen-bond acceptors (Lipinski definition) is 3. The van der Waals surface area contributed by atoms with E-state index in [4.69, 9.17) is 11.6 Å². The van der Waals surface area contributed by atoms with Crippen LogP contribution in [0.4, 0.5) is 5.69 Å². The summed E-state index contributed by atoms with van der Waals surface area (Å²) >= 11 is 7.80. The molecular formula is C16H14ClNO2S. The van der Waals surface area contributed by atoms with Gasteiger partial charge in [0.1, 0.15) is 0 Å². The van der Waals surface area contributed by atoms with Gasteiger partial charge in [0, 0.05) is 28.3 Å². The summed E-state index contributed by atoms with van der Waals surface area (Å²) in [7, 11) is 1.68. The fraction of sp³-hybridized carbons (Fsp3) is 0.188. The van der Waals surface area contributed by atoms with Crippen molar-refractivity contribution < 1.29 is 9.90 Å². The maximum Gasteiger partial charge on any atom is 0.260 e. The highest BCUT2D eigenvalue weighted by atomic mass is 35.5. The third-order valence-electron chi connectivity index (χ3n) is 3.57. The predicted octanol–water partition coefficient (Wildman–Crippen LogP) is 3.64. The summed E-state index contributed by atoms with van der Waals surface area (Å²) in [6, 6.07) is 13.4. The Labute approximate surface area is 132 Å². The van der Waals surface area contributed by atoms with Crippen molar-refractivity contribution in [3.05, 3.63) is 58.6 Å². The first kappa shape index (κ1) is 14.4. The molecule has 0 saturated carbocycles. The number of nitrogens with zero attached hydrogens (tertiary/aromatic N) is 1. The molecule has 0 spiro atoms. The van der Waals surface area contributed by atoms with Gasteiger partial charge in [-0.2, -0.15) is 0 Å². The summed E-state index contributed by atoms with van der Waals surface area (Å²) in [5.74, 6) is 0.483. The molecule has 1 N–H and O–H groups in total. The van der Waals surface area contributed by atoms with Crippen molar-refractivity contribution in [2.45, 2.75) is 16.8 Å². The van der Waals surface area contributed by atoms with Gasteiger partial charge in [-0.3, -0.25) is 4.79 Å². The Bertz CT molecular complexity index is 704. The summed E-state index contributed by atoms with van der Waals surface area (Å²) in [5.41, 5.74) is 2.52. The molecule has 3 nitrogen and oxygen atoms in total. The van der Waals surface area contributed by atoms with Gasteiger partial charge in [-0.15, -0.1) is 11.8 Å². The van der Waals surface area contributed by atoms with E-state index in [-0.39, 0.29) is 5.91 Å². The van der Waals surface area contributed by atoms with Crippen LogP contribution in [0.5, 0.6) is 0 Å². The lowest BCUT2D eigenvalue weighted by Gasteiger charge is -2.11. The second kappa shape index (κ2) is 5.72. The van der Waals surface area contributed by atoms with E-state index in [1.54, 1.807) is 18.8 Å². The lowest BCUT2D eigenvalue weighted by Crippen LogP contribution is -2.23. The summed E-state index contributed by atoms with van der Waals surface area (Å²) in [6.07, 6.45) is -1.03. The Hall–Kier alpha value is -1.49. The van der Waals surface area contributed by atoms with Crippen molar-refractivity contribution in [3.8, 4) is 0 Å². The summed E-state index contributed by atoms with van der Waals surface area (Å²) in [6.45, 7) is 0. The van der Waals surface area contributed by atoms with Crippen molar-refractivity contribution in [2.24, 2.45) is 0 Å². The van der Waals surface area contributed by atoms with Crippen molar-refractivity contribution in [1.82, 2.24) is 0 Å². The molecule has 0 aliphatic carbocycles. The van der Waals surface area contributed by atoms with E-state index in [9.17, 15) is 9.90 Å². The number of thioether (sulfide) groups is 1. The van der Waals surface area contributed by atoms with Crippen molar-refractivity contribution in [1.29, 1.82) is 0 Å². The third kappa shape index (κ3) is 2.67. The van der Waals surface area contributed by atoms with E-state index in [1.807, 2.05) is 42.5 Å². The molecule has 0 bridgehead atoms. The monoisotopic (exact) mass is 319 g/mol. The van der Waals surface area contributed by atoms with Gasteiger partial charge in [0.15, 0.2) is 6.10 Å².